The maximum Gasteiger partial charge on any atom is 0.283 e. The highest BCUT2D eigenvalue weighted by molar-refractivity contribution is 7.17. The third kappa shape index (κ3) is 3.76. The Hall–Kier alpha value is -2.77. The van der Waals surface area contributed by atoms with Crippen LogP contribution in [-0.4, -0.2) is 42.9 Å². The van der Waals surface area contributed by atoms with Crippen molar-refractivity contribution < 1.29 is 9.53 Å². The fourth-order valence-electron chi connectivity index (χ4n) is 3.27. The number of amides is 1. The molecule has 7 heteroatoms. The van der Waals surface area contributed by atoms with Crippen molar-refractivity contribution in [1.29, 1.82) is 0 Å². The van der Waals surface area contributed by atoms with Crippen LogP contribution in [0.3, 0.4) is 0 Å². The standard InChI is InChI=1S/C21H22N4O2S/c1-14(17-9-5-7-16-6-3-4-8-18(16)17)23-24-20(26)19-15(2)22-21(28-19)25-10-12-27-13-11-25/h3-9H,10-13H2,1-2H3,(H,24,26). The number of thiazole rings is 1. The van der Waals surface area contributed by atoms with Crippen molar-refractivity contribution >= 4 is 38.9 Å². The van der Waals surface area contributed by atoms with Gasteiger partial charge in [-0.05, 0) is 24.6 Å². The molecule has 4 rings (SSSR count). The lowest BCUT2D eigenvalue weighted by Gasteiger charge is -2.25. The molecule has 0 unspecified atom stereocenters. The van der Waals surface area contributed by atoms with Gasteiger partial charge in [0.15, 0.2) is 5.13 Å². The van der Waals surface area contributed by atoms with Gasteiger partial charge in [0.1, 0.15) is 4.88 Å². The van der Waals surface area contributed by atoms with Crippen molar-refractivity contribution in [2.45, 2.75) is 13.8 Å². The van der Waals surface area contributed by atoms with Crippen LogP contribution in [0.15, 0.2) is 47.6 Å². The molecular weight excluding hydrogens is 372 g/mol. The molecule has 2 aromatic carbocycles. The molecule has 6 nitrogen and oxygen atoms in total. The number of aromatic nitrogens is 1. The second kappa shape index (κ2) is 8.08. The molecule has 0 atom stereocenters. The Morgan fingerprint density at radius 1 is 1.18 bits per heavy atom. The number of aryl methyl sites for hydroxylation is 1. The van der Waals surface area contributed by atoms with Crippen molar-refractivity contribution in [2.75, 3.05) is 31.2 Å². The monoisotopic (exact) mass is 394 g/mol. The third-order valence-corrected chi connectivity index (χ3v) is 5.99. The van der Waals surface area contributed by atoms with E-state index in [0.29, 0.717) is 18.1 Å². The number of anilines is 1. The van der Waals surface area contributed by atoms with Crippen molar-refractivity contribution in [2.24, 2.45) is 5.10 Å². The van der Waals surface area contributed by atoms with E-state index in [1.165, 1.54) is 11.3 Å². The number of hydrazone groups is 1. The molecule has 1 N–H and O–H groups in total. The van der Waals surface area contributed by atoms with Crippen LogP contribution >= 0.6 is 11.3 Å². The van der Waals surface area contributed by atoms with Crippen LogP contribution in [0.2, 0.25) is 0 Å². The Kier molecular flexibility index (Phi) is 5.36. The van der Waals surface area contributed by atoms with Crippen LogP contribution in [0.25, 0.3) is 10.8 Å². The minimum Gasteiger partial charge on any atom is -0.378 e. The largest absolute Gasteiger partial charge is 0.378 e. The molecule has 0 spiro atoms. The molecule has 0 aliphatic carbocycles. The number of benzene rings is 2. The summed E-state index contributed by atoms with van der Waals surface area (Å²) in [4.78, 5) is 20.0. The topological polar surface area (TPSA) is 66.8 Å². The van der Waals surface area contributed by atoms with E-state index in [4.69, 9.17) is 4.74 Å². The number of carbonyl (C=O) groups excluding carboxylic acids is 1. The SMILES string of the molecule is CC(=NNC(=O)c1sc(N2CCOCC2)nc1C)c1cccc2ccccc12. The predicted molar refractivity (Wildman–Crippen MR) is 114 cm³/mol. The molecule has 2 heterocycles. The van der Waals surface area contributed by atoms with E-state index in [0.717, 1.165) is 46.0 Å². The van der Waals surface area contributed by atoms with Gasteiger partial charge in [-0.25, -0.2) is 10.4 Å². The molecule has 28 heavy (non-hydrogen) atoms. The van der Waals surface area contributed by atoms with E-state index >= 15 is 0 Å². The Bertz CT molecular complexity index is 1030. The summed E-state index contributed by atoms with van der Waals surface area (Å²) in [6.07, 6.45) is 0. The number of hydrogen-bond acceptors (Lipinski definition) is 6. The Morgan fingerprint density at radius 3 is 2.75 bits per heavy atom. The first-order valence-corrected chi connectivity index (χ1v) is 10.1. The van der Waals surface area contributed by atoms with E-state index in [9.17, 15) is 4.79 Å². The number of fused-ring (bicyclic) bond motifs is 1. The Morgan fingerprint density at radius 2 is 1.93 bits per heavy atom. The minimum absolute atomic E-state index is 0.228. The fraction of sp³-hybridized carbons (Fsp3) is 0.286. The van der Waals surface area contributed by atoms with Crippen LogP contribution < -0.4 is 10.3 Å². The average molecular weight is 395 g/mol. The molecule has 1 saturated heterocycles. The lowest BCUT2D eigenvalue weighted by atomic mass is 10.0. The number of nitrogens with one attached hydrogen (secondary N) is 1. The normalized spacial score (nSPS) is 15.1. The molecule has 144 valence electrons. The van der Waals surface area contributed by atoms with Gasteiger partial charge >= 0.3 is 0 Å². The third-order valence-electron chi connectivity index (χ3n) is 4.78. The number of nitrogens with zero attached hydrogens (tertiary/aromatic N) is 3. The number of hydrogen-bond donors (Lipinski definition) is 1. The summed E-state index contributed by atoms with van der Waals surface area (Å²) in [7, 11) is 0. The highest BCUT2D eigenvalue weighted by Crippen LogP contribution is 2.26. The van der Waals surface area contributed by atoms with Gasteiger partial charge in [0.05, 0.1) is 24.6 Å². The Balaban J connectivity index is 1.52. The van der Waals surface area contributed by atoms with Crippen LogP contribution in [-0.2, 0) is 4.74 Å². The van der Waals surface area contributed by atoms with Crippen molar-refractivity contribution in [3.8, 4) is 0 Å². The van der Waals surface area contributed by atoms with Crippen molar-refractivity contribution in [3.05, 3.63) is 58.6 Å². The fourth-order valence-corrected chi connectivity index (χ4v) is 4.28. The second-order valence-electron chi connectivity index (χ2n) is 6.68. The lowest BCUT2D eigenvalue weighted by Crippen LogP contribution is -2.36. The number of rotatable bonds is 4. The summed E-state index contributed by atoms with van der Waals surface area (Å²) in [5.41, 5.74) is 5.19. The van der Waals surface area contributed by atoms with Crippen LogP contribution in [0, 0.1) is 6.92 Å². The van der Waals surface area contributed by atoms with Gasteiger partial charge in [-0.15, -0.1) is 0 Å². The van der Waals surface area contributed by atoms with Crippen LogP contribution in [0.4, 0.5) is 5.13 Å². The van der Waals surface area contributed by atoms with E-state index in [-0.39, 0.29) is 5.91 Å². The molecule has 1 amide bonds. The number of morpholine rings is 1. The molecule has 3 aromatic rings. The zero-order valence-electron chi connectivity index (χ0n) is 15.9. The highest BCUT2D eigenvalue weighted by Gasteiger charge is 2.20. The van der Waals surface area contributed by atoms with E-state index < -0.39 is 0 Å². The maximum atomic E-state index is 12.7. The van der Waals surface area contributed by atoms with Gasteiger partial charge in [0.2, 0.25) is 0 Å². The quantitative estimate of drug-likeness (QED) is 0.542. The molecular formula is C21H22N4O2S. The lowest BCUT2D eigenvalue weighted by molar-refractivity contribution is 0.0958. The maximum absolute atomic E-state index is 12.7. The number of carbonyl (C=O) groups is 1. The zero-order valence-corrected chi connectivity index (χ0v) is 16.8. The average Bonchev–Trinajstić information content (AvgIpc) is 3.14. The van der Waals surface area contributed by atoms with Crippen molar-refractivity contribution in [3.63, 3.8) is 0 Å². The minimum atomic E-state index is -0.228. The first kappa shape index (κ1) is 18.6. The van der Waals surface area contributed by atoms with Gasteiger partial charge in [0.25, 0.3) is 5.91 Å². The van der Waals surface area contributed by atoms with E-state index in [1.54, 1.807) is 0 Å². The summed E-state index contributed by atoms with van der Waals surface area (Å²) >= 11 is 1.40. The van der Waals surface area contributed by atoms with Crippen LogP contribution in [0.5, 0.6) is 0 Å². The molecule has 0 saturated carbocycles. The summed E-state index contributed by atoms with van der Waals surface area (Å²) in [5, 5.41) is 7.47. The van der Waals surface area contributed by atoms with Crippen molar-refractivity contribution in [1.82, 2.24) is 10.4 Å². The van der Waals surface area contributed by atoms with Crippen LogP contribution in [0.1, 0.15) is 27.9 Å². The van der Waals surface area contributed by atoms with E-state index in [1.807, 2.05) is 38.1 Å². The first-order valence-electron chi connectivity index (χ1n) is 9.26. The molecule has 1 aromatic heterocycles. The molecule has 0 radical (unpaired) electrons. The van der Waals surface area contributed by atoms with Gasteiger partial charge in [0, 0.05) is 18.7 Å². The van der Waals surface area contributed by atoms with Gasteiger partial charge in [-0.2, -0.15) is 5.10 Å². The first-order chi connectivity index (χ1) is 13.6. The summed E-state index contributed by atoms with van der Waals surface area (Å²) in [6, 6.07) is 14.2. The van der Waals surface area contributed by atoms with Gasteiger partial charge in [-0.3, -0.25) is 4.79 Å². The second-order valence-corrected chi connectivity index (χ2v) is 7.65. The Labute approximate surface area is 167 Å². The smallest absolute Gasteiger partial charge is 0.283 e. The zero-order chi connectivity index (χ0) is 19.5. The van der Waals surface area contributed by atoms with Gasteiger partial charge < -0.3 is 9.64 Å². The summed E-state index contributed by atoms with van der Waals surface area (Å²) < 4.78 is 5.38. The molecule has 0 bridgehead atoms. The summed E-state index contributed by atoms with van der Waals surface area (Å²) in [6.45, 7) is 6.74. The molecule has 1 fully saturated rings. The predicted octanol–water partition coefficient (Wildman–Crippen LogP) is 3.60. The van der Waals surface area contributed by atoms with E-state index in [2.05, 4.69) is 38.6 Å². The number of ether oxygens (including phenoxy) is 1. The van der Waals surface area contributed by atoms with Gasteiger partial charge in [-0.1, -0.05) is 53.8 Å². The summed E-state index contributed by atoms with van der Waals surface area (Å²) in [5.74, 6) is -0.228. The highest BCUT2D eigenvalue weighted by atomic mass is 32.1. The molecule has 1 aliphatic heterocycles. The molecule has 1 aliphatic rings.